The molecule has 2 aromatic rings. The molecule has 1 amide bonds. The van der Waals surface area contributed by atoms with Crippen molar-refractivity contribution in [2.24, 2.45) is 5.14 Å². The van der Waals surface area contributed by atoms with E-state index in [1.807, 2.05) is 0 Å². The highest BCUT2D eigenvalue weighted by atomic mass is 32.2. The molecule has 0 radical (unpaired) electrons. The van der Waals surface area contributed by atoms with E-state index in [1.54, 1.807) is 0 Å². The number of nitrogens with two attached hydrogens (primary N) is 1. The summed E-state index contributed by atoms with van der Waals surface area (Å²) >= 11 is 0. The third kappa shape index (κ3) is 3.67. The molecule has 1 atom stereocenters. The number of fused-ring (bicyclic) bond motifs is 3. The third-order valence-corrected chi connectivity index (χ3v) is 5.33. The van der Waals surface area contributed by atoms with Crippen LogP contribution in [0.2, 0.25) is 0 Å². The monoisotopic (exact) mass is 416 g/mol. The van der Waals surface area contributed by atoms with Gasteiger partial charge >= 0.3 is 18.1 Å². The van der Waals surface area contributed by atoms with Crippen LogP contribution in [0.4, 0.5) is 18.9 Å². The van der Waals surface area contributed by atoms with E-state index in [2.05, 4.69) is 0 Å². The molecule has 2 aromatic carbocycles. The molecule has 0 bridgehead atoms. The first-order valence-corrected chi connectivity index (χ1v) is 9.55. The number of hydrogen-bond donors (Lipinski definition) is 1. The summed E-state index contributed by atoms with van der Waals surface area (Å²) < 4.78 is 67.0. The summed E-state index contributed by atoms with van der Waals surface area (Å²) in [6.07, 6.45) is -5.07. The van der Waals surface area contributed by atoms with E-state index in [-0.39, 0.29) is 23.7 Å². The van der Waals surface area contributed by atoms with Gasteiger partial charge in [-0.2, -0.15) is 13.2 Å². The van der Waals surface area contributed by atoms with Gasteiger partial charge in [0.25, 0.3) is 0 Å². The van der Waals surface area contributed by atoms with Crippen molar-refractivity contribution in [2.75, 3.05) is 18.1 Å². The second-order valence-electron chi connectivity index (χ2n) is 6.34. The third-order valence-electron chi connectivity index (χ3n) is 4.42. The Morgan fingerprint density at radius 3 is 2.50 bits per heavy atom. The van der Waals surface area contributed by atoms with Gasteiger partial charge < -0.3 is 9.64 Å². The van der Waals surface area contributed by atoms with Crippen molar-refractivity contribution >= 4 is 38.4 Å². The predicted molar refractivity (Wildman–Crippen MR) is 93.1 cm³/mol. The quantitative estimate of drug-likeness (QED) is 0.771. The Balaban J connectivity index is 2.16. The molecule has 0 aliphatic carbocycles. The summed E-state index contributed by atoms with van der Waals surface area (Å²) in [5.41, 5.74) is 0.410. The molecule has 1 aliphatic rings. The molecule has 7 nitrogen and oxygen atoms in total. The molecular formula is C17H15F3N2O5S. The maximum absolute atomic E-state index is 13.0. The number of carbonyl (C=O) groups excluding carboxylic acids is 2. The number of halogens is 3. The molecule has 3 rings (SSSR count). The van der Waals surface area contributed by atoms with E-state index in [0.29, 0.717) is 21.2 Å². The average molecular weight is 416 g/mol. The number of nitrogens with zero attached hydrogens (tertiary/aromatic N) is 1. The molecule has 0 spiro atoms. The van der Waals surface area contributed by atoms with Crippen LogP contribution in [0, 0.1) is 0 Å². The maximum atomic E-state index is 13.0. The molecule has 28 heavy (non-hydrogen) atoms. The normalized spacial score (nSPS) is 16.9. The summed E-state index contributed by atoms with van der Waals surface area (Å²) in [7, 11) is -3.97. The first-order valence-electron chi connectivity index (χ1n) is 8.01. The highest BCUT2D eigenvalue weighted by Gasteiger charge is 2.47. The second kappa shape index (κ2) is 6.74. The molecule has 11 heteroatoms. The van der Waals surface area contributed by atoms with E-state index in [9.17, 15) is 31.2 Å². The zero-order valence-corrected chi connectivity index (χ0v) is 15.3. The van der Waals surface area contributed by atoms with Crippen LogP contribution in [-0.2, 0) is 24.3 Å². The number of esters is 1. The van der Waals surface area contributed by atoms with Crippen LogP contribution < -0.4 is 10.0 Å². The topological polar surface area (TPSA) is 107 Å². The lowest BCUT2D eigenvalue weighted by Gasteiger charge is -2.19. The molecule has 150 valence electrons. The first-order chi connectivity index (χ1) is 12.9. The van der Waals surface area contributed by atoms with Crippen molar-refractivity contribution in [3.05, 3.63) is 35.9 Å². The van der Waals surface area contributed by atoms with Crippen LogP contribution in [0.1, 0.15) is 18.4 Å². The van der Waals surface area contributed by atoms with Gasteiger partial charge in [0.1, 0.15) is 0 Å². The van der Waals surface area contributed by atoms with E-state index < -0.39 is 34.0 Å². The van der Waals surface area contributed by atoms with E-state index in [1.165, 1.54) is 30.3 Å². The van der Waals surface area contributed by atoms with Gasteiger partial charge in [0, 0.05) is 25.1 Å². The van der Waals surface area contributed by atoms with Crippen molar-refractivity contribution in [3.8, 4) is 0 Å². The Labute approximate surface area is 157 Å². The zero-order chi connectivity index (χ0) is 20.9. The van der Waals surface area contributed by atoms with Crippen LogP contribution >= 0.6 is 0 Å². The van der Waals surface area contributed by atoms with Gasteiger partial charge in [0.05, 0.1) is 11.5 Å². The molecule has 0 saturated carbocycles. The predicted octanol–water partition coefficient (Wildman–Crippen LogP) is 2.04. The number of rotatable bonds is 3. The number of ether oxygens (including phenoxy) is 1. The fraction of sp³-hybridized carbons (Fsp3) is 0.294. The minimum Gasteiger partial charge on any atom is -0.465 e. The summed E-state index contributed by atoms with van der Waals surface area (Å²) in [6.45, 7) is 0.618. The molecule has 2 N–H and O–H groups in total. The number of carbonyl (C=O) groups is 2. The van der Waals surface area contributed by atoms with Crippen molar-refractivity contribution < 1.29 is 35.9 Å². The van der Waals surface area contributed by atoms with Gasteiger partial charge in [0.2, 0.25) is 10.0 Å². The number of primary sulfonamides is 1. The fourth-order valence-electron chi connectivity index (χ4n) is 3.27. The van der Waals surface area contributed by atoms with Crippen LogP contribution in [-0.4, -0.2) is 39.6 Å². The van der Waals surface area contributed by atoms with E-state index in [0.717, 1.165) is 6.92 Å². The van der Waals surface area contributed by atoms with E-state index >= 15 is 0 Å². The Hall–Kier alpha value is -2.66. The average Bonchev–Trinajstić information content (AvgIpc) is 2.96. The van der Waals surface area contributed by atoms with Crippen LogP contribution in [0.5, 0.6) is 0 Å². The van der Waals surface area contributed by atoms with Crippen LogP contribution in [0.15, 0.2) is 35.2 Å². The lowest BCUT2D eigenvalue weighted by atomic mass is 9.95. The molecule has 1 unspecified atom stereocenters. The zero-order valence-electron chi connectivity index (χ0n) is 14.5. The molecule has 0 saturated heterocycles. The van der Waals surface area contributed by atoms with E-state index in [4.69, 9.17) is 9.88 Å². The molecule has 1 aliphatic heterocycles. The fourth-order valence-corrected chi connectivity index (χ4v) is 3.82. The number of amides is 1. The first kappa shape index (κ1) is 20.1. The van der Waals surface area contributed by atoms with Gasteiger partial charge in [-0.15, -0.1) is 0 Å². The smallest absolute Gasteiger partial charge is 0.465 e. The minimum atomic E-state index is -5.07. The summed E-state index contributed by atoms with van der Waals surface area (Å²) in [5.74, 6) is -3.34. The number of anilines is 1. The SMILES string of the molecule is CC(=O)OCC1CN(C(=O)C(F)(F)F)c2ccc3cc(S(N)(=O)=O)ccc3c21. The van der Waals surface area contributed by atoms with Gasteiger partial charge in [-0.25, -0.2) is 13.6 Å². The van der Waals surface area contributed by atoms with Crippen LogP contribution in [0.25, 0.3) is 10.8 Å². The molecule has 0 aromatic heterocycles. The second-order valence-corrected chi connectivity index (χ2v) is 7.90. The highest BCUT2D eigenvalue weighted by Crippen LogP contribution is 2.43. The lowest BCUT2D eigenvalue weighted by molar-refractivity contribution is -0.170. The van der Waals surface area contributed by atoms with Crippen LogP contribution in [0.3, 0.4) is 0 Å². The Kier molecular flexibility index (Phi) is 4.84. The van der Waals surface area contributed by atoms with Gasteiger partial charge in [-0.3, -0.25) is 9.59 Å². The van der Waals surface area contributed by atoms with Crippen molar-refractivity contribution in [3.63, 3.8) is 0 Å². The van der Waals surface area contributed by atoms with Crippen molar-refractivity contribution in [1.82, 2.24) is 0 Å². The molecule has 0 fully saturated rings. The minimum absolute atomic E-state index is 0.0373. The molecule has 1 heterocycles. The number of alkyl halides is 3. The number of hydrogen-bond acceptors (Lipinski definition) is 5. The summed E-state index contributed by atoms with van der Waals surface area (Å²) in [5, 5.41) is 5.98. The molecular weight excluding hydrogens is 401 g/mol. The highest BCUT2D eigenvalue weighted by molar-refractivity contribution is 7.89. The maximum Gasteiger partial charge on any atom is 0.471 e. The van der Waals surface area contributed by atoms with Gasteiger partial charge in [-0.1, -0.05) is 12.1 Å². The largest absolute Gasteiger partial charge is 0.471 e. The lowest BCUT2D eigenvalue weighted by Crippen LogP contribution is -2.40. The number of benzene rings is 2. The van der Waals surface area contributed by atoms with Gasteiger partial charge in [-0.05, 0) is 34.5 Å². The Bertz CT molecular complexity index is 1080. The Morgan fingerprint density at radius 2 is 1.93 bits per heavy atom. The summed E-state index contributed by atoms with van der Waals surface area (Å²) in [6, 6.07) is 6.66. The Morgan fingerprint density at radius 1 is 1.25 bits per heavy atom. The standard InChI is InChI=1S/C17H15F3N2O5S/c1-9(23)27-8-11-7-22(16(24)17(18,19)20)14-5-2-10-6-12(28(21,25)26)3-4-13(10)15(11)14/h2-6,11H,7-8H2,1H3,(H2,21,25,26). The van der Waals surface area contributed by atoms with Crippen molar-refractivity contribution in [1.29, 1.82) is 0 Å². The van der Waals surface area contributed by atoms with Gasteiger partial charge in [0.15, 0.2) is 0 Å². The van der Waals surface area contributed by atoms with Crippen molar-refractivity contribution in [2.45, 2.75) is 23.9 Å². The number of sulfonamides is 1. The summed E-state index contributed by atoms with van der Waals surface area (Å²) in [4.78, 5) is 23.4.